The average Bonchev–Trinajstić information content (AvgIpc) is 2.31. The molecular weight excluding hydrogens is 220 g/mol. The summed E-state index contributed by atoms with van der Waals surface area (Å²) in [5, 5.41) is 2.71. The van der Waals surface area contributed by atoms with E-state index in [1.54, 1.807) is 17.9 Å². The molecule has 0 spiro atoms. The predicted molar refractivity (Wildman–Crippen MR) is 66.5 cm³/mol. The number of nitrogens with one attached hydrogen (secondary N) is 1. The number of ether oxygens (including phenoxy) is 1. The van der Waals surface area contributed by atoms with Gasteiger partial charge >= 0.3 is 5.97 Å². The third-order valence-electron chi connectivity index (χ3n) is 2.50. The minimum Gasteiger partial charge on any atom is -0.468 e. The van der Waals surface area contributed by atoms with Gasteiger partial charge in [0.1, 0.15) is 0 Å². The van der Waals surface area contributed by atoms with Crippen LogP contribution in [0.3, 0.4) is 0 Å². The van der Waals surface area contributed by atoms with Crippen LogP contribution in [0.15, 0.2) is 12.7 Å². The Morgan fingerprint density at radius 1 is 1.41 bits per heavy atom. The smallest absolute Gasteiger partial charge is 0.319 e. The van der Waals surface area contributed by atoms with Crippen molar-refractivity contribution in [3.05, 3.63) is 12.7 Å². The summed E-state index contributed by atoms with van der Waals surface area (Å²) in [6.07, 6.45) is 1.62. The fraction of sp³-hybridized carbons (Fsp3) is 0.667. The second-order valence-corrected chi connectivity index (χ2v) is 4.05. The topological polar surface area (TPSA) is 58.6 Å². The number of esters is 1. The Labute approximate surface area is 103 Å². The maximum absolute atomic E-state index is 11.8. The van der Waals surface area contributed by atoms with E-state index in [9.17, 15) is 9.59 Å². The lowest BCUT2D eigenvalue weighted by Crippen LogP contribution is -2.50. The summed E-state index contributed by atoms with van der Waals surface area (Å²) in [6, 6.07) is -0.298. The van der Waals surface area contributed by atoms with Gasteiger partial charge in [0.25, 0.3) is 0 Å². The van der Waals surface area contributed by atoms with Crippen molar-refractivity contribution >= 4 is 11.9 Å². The summed E-state index contributed by atoms with van der Waals surface area (Å²) in [5.74, 6) is -0.468. The molecule has 1 N–H and O–H groups in total. The van der Waals surface area contributed by atoms with E-state index >= 15 is 0 Å². The Balaban J connectivity index is 4.52. The van der Waals surface area contributed by atoms with Crippen molar-refractivity contribution < 1.29 is 14.3 Å². The first-order valence-electron chi connectivity index (χ1n) is 5.65. The van der Waals surface area contributed by atoms with Crippen LogP contribution in [0.25, 0.3) is 0 Å². The predicted octanol–water partition coefficient (Wildman–Crippen LogP) is 0.560. The van der Waals surface area contributed by atoms with Gasteiger partial charge < -0.3 is 10.1 Å². The number of carbonyl (C=O) groups excluding carboxylic acids is 2. The fourth-order valence-corrected chi connectivity index (χ4v) is 1.45. The van der Waals surface area contributed by atoms with Gasteiger partial charge in [0.2, 0.25) is 5.91 Å². The number of rotatable bonds is 7. The summed E-state index contributed by atoms with van der Waals surface area (Å²) in [6.45, 7) is 9.69. The van der Waals surface area contributed by atoms with Crippen molar-refractivity contribution in [2.24, 2.45) is 0 Å². The highest BCUT2D eigenvalue weighted by Gasteiger charge is 2.25. The summed E-state index contributed by atoms with van der Waals surface area (Å²) in [7, 11) is 1.34. The third-order valence-corrected chi connectivity index (χ3v) is 2.50. The van der Waals surface area contributed by atoms with Crippen molar-refractivity contribution in [1.29, 1.82) is 0 Å². The minimum atomic E-state index is -0.381. The summed E-state index contributed by atoms with van der Waals surface area (Å²) < 4.78 is 4.61. The van der Waals surface area contributed by atoms with Crippen LogP contribution in [0, 0.1) is 0 Å². The molecule has 0 aliphatic carbocycles. The van der Waals surface area contributed by atoms with E-state index in [-0.39, 0.29) is 30.5 Å². The minimum absolute atomic E-state index is 0.0820. The first-order valence-corrected chi connectivity index (χ1v) is 5.65. The molecule has 1 atom stereocenters. The van der Waals surface area contributed by atoms with E-state index in [2.05, 4.69) is 16.6 Å². The standard InChI is InChI=1S/C12H22N2O3/c1-6-7-13-12(16)10(4)14(9(2)3)8-11(15)17-5/h6,9-10H,1,7-8H2,2-5H3,(H,13,16). The van der Waals surface area contributed by atoms with E-state index in [1.807, 2.05) is 13.8 Å². The van der Waals surface area contributed by atoms with Gasteiger partial charge in [-0.15, -0.1) is 6.58 Å². The van der Waals surface area contributed by atoms with Crippen molar-refractivity contribution in [3.63, 3.8) is 0 Å². The van der Waals surface area contributed by atoms with Gasteiger partial charge in [-0.1, -0.05) is 6.08 Å². The second-order valence-electron chi connectivity index (χ2n) is 4.05. The van der Waals surface area contributed by atoms with Crippen molar-refractivity contribution in [3.8, 4) is 0 Å². The molecule has 0 radical (unpaired) electrons. The number of nitrogens with zero attached hydrogens (tertiary/aromatic N) is 1. The number of hydrogen-bond acceptors (Lipinski definition) is 4. The van der Waals surface area contributed by atoms with Gasteiger partial charge in [0.05, 0.1) is 19.7 Å². The van der Waals surface area contributed by atoms with Gasteiger partial charge in [0.15, 0.2) is 0 Å². The molecule has 0 saturated heterocycles. The molecule has 0 aliphatic heterocycles. The summed E-state index contributed by atoms with van der Waals surface area (Å²) in [5.41, 5.74) is 0. The third kappa shape index (κ3) is 5.49. The van der Waals surface area contributed by atoms with Crippen LogP contribution < -0.4 is 5.32 Å². The first-order chi connectivity index (χ1) is 7.93. The lowest BCUT2D eigenvalue weighted by Gasteiger charge is -2.30. The molecule has 0 fully saturated rings. The molecule has 0 bridgehead atoms. The Bertz CT molecular complexity index is 277. The monoisotopic (exact) mass is 242 g/mol. The lowest BCUT2D eigenvalue weighted by molar-refractivity contribution is -0.144. The molecule has 0 aromatic carbocycles. The number of hydrogen-bond donors (Lipinski definition) is 1. The first kappa shape index (κ1) is 15.6. The molecule has 5 nitrogen and oxygen atoms in total. The molecule has 0 aromatic heterocycles. The molecule has 0 rings (SSSR count). The summed E-state index contributed by atoms with van der Waals surface area (Å²) in [4.78, 5) is 24.8. The highest BCUT2D eigenvalue weighted by molar-refractivity contribution is 5.82. The van der Waals surface area contributed by atoms with Gasteiger partial charge in [-0.05, 0) is 20.8 Å². The van der Waals surface area contributed by atoms with Crippen LogP contribution in [0.5, 0.6) is 0 Å². The molecule has 1 amide bonds. The van der Waals surface area contributed by atoms with E-state index < -0.39 is 0 Å². The molecular formula is C12H22N2O3. The zero-order valence-corrected chi connectivity index (χ0v) is 11.0. The molecule has 5 heteroatoms. The largest absolute Gasteiger partial charge is 0.468 e. The highest BCUT2D eigenvalue weighted by atomic mass is 16.5. The second kappa shape index (κ2) is 7.84. The van der Waals surface area contributed by atoms with Crippen LogP contribution in [0.1, 0.15) is 20.8 Å². The van der Waals surface area contributed by atoms with Crippen LogP contribution >= 0.6 is 0 Å². The normalized spacial score (nSPS) is 12.4. The number of methoxy groups -OCH3 is 1. The van der Waals surface area contributed by atoms with Crippen molar-refractivity contribution in [2.75, 3.05) is 20.2 Å². The average molecular weight is 242 g/mol. The van der Waals surface area contributed by atoms with E-state index in [0.717, 1.165) is 0 Å². The molecule has 0 saturated carbocycles. The Morgan fingerprint density at radius 3 is 2.41 bits per heavy atom. The van der Waals surface area contributed by atoms with E-state index in [0.29, 0.717) is 6.54 Å². The van der Waals surface area contributed by atoms with Crippen LogP contribution in [0.4, 0.5) is 0 Å². The van der Waals surface area contributed by atoms with Crippen LogP contribution in [0.2, 0.25) is 0 Å². The molecule has 0 aliphatic rings. The Morgan fingerprint density at radius 2 is 2.00 bits per heavy atom. The fourth-order valence-electron chi connectivity index (χ4n) is 1.45. The molecule has 1 unspecified atom stereocenters. The van der Waals surface area contributed by atoms with Gasteiger partial charge in [-0.25, -0.2) is 0 Å². The Hall–Kier alpha value is -1.36. The quantitative estimate of drug-likeness (QED) is 0.523. The van der Waals surface area contributed by atoms with Gasteiger partial charge in [-0.2, -0.15) is 0 Å². The maximum atomic E-state index is 11.8. The zero-order chi connectivity index (χ0) is 13.4. The Kier molecular flexibility index (Phi) is 7.21. The van der Waals surface area contributed by atoms with Gasteiger partial charge in [-0.3, -0.25) is 14.5 Å². The molecule has 0 heterocycles. The van der Waals surface area contributed by atoms with Crippen LogP contribution in [-0.4, -0.2) is 49.1 Å². The molecule has 0 aromatic rings. The maximum Gasteiger partial charge on any atom is 0.319 e. The zero-order valence-electron chi connectivity index (χ0n) is 11.0. The van der Waals surface area contributed by atoms with Crippen LogP contribution in [-0.2, 0) is 14.3 Å². The van der Waals surface area contributed by atoms with Gasteiger partial charge in [0, 0.05) is 12.6 Å². The molecule has 98 valence electrons. The lowest BCUT2D eigenvalue weighted by atomic mass is 10.2. The SMILES string of the molecule is C=CCNC(=O)C(C)N(CC(=O)OC)C(C)C. The summed E-state index contributed by atoms with van der Waals surface area (Å²) >= 11 is 0. The molecule has 17 heavy (non-hydrogen) atoms. The van der Waals surface area contributed by atoms with E-state index in [4.69, 9.17) is 0 Å². The van der Waals surface area contributed by atoms with Crippen molar-refractivity contribution in [2.45, 2.75) is 32.9 Å². The number of amides is 1. The number of carbonyl (C=O) groups is 2. The highest BCUT2D eigenvalue weighted by Crippen LogP contribution is 2.05. The van der Waals surface area contributed by atoms with Crippen molar-refractivity contribution in [1.82, 2.24) is 10.2 Å². The van der Waals surface area contributed by atoms with E-state index in [1.165, 1.54) is 7.11 Å².